The highest BCUT2D eigenvalue weighted by molar-refractivity contribution is 7.90. The monoisotopic (exact) mass is 864 g/mol. The van der Waals surface area contributed by atoms with Gasteiger partial charge in [0, 0.05) is 54.9 Å². The highest BCUT2D eigenvalue weighted by Gasteiger charge is 2.44. The summed E-state index contributed by atoms with van der Waals surface area (Å²) in [6.45, 7) is 5.18. The number of ether oxygens (including phenoxy) is 1. The van der Waals surface area contributed by atoms with Crippen molar-refractivity contribution in [2.24, 2.45) is 5.41 Å². The zero-order valence-electron chi connectivity index (χ0n) is 32.8. The van der Waals surface area contributed by atoms with Crippen molar-refractivity contribution in [1.29, 1.82) is 0 Å². The quantitative estimate of drug-likeness (QED) is 0.116. The molecule has 11 nitrogen and oxygen atoms in total. The van der Waals surface area contributed by atoms with Crippen LogP contribution in [0.1, 0.15) is 129 Å². The molecule has 58 heavy (non-hydrogen) atoms. The molecule has 0 bridgehead atoms. The second-order valence-electron chi connectivity index (χ2n) is 16.4. The standard InChI is InChI=1S/C38H46F6N4O4S.CH4O3S/c1-36(2)19-28-31(29(49)20-36)30(23-9-13-37(40,41)14-10-23)32(33(39)24-5-7-26(8-6-24)38(42,43)44)34(47-28)25-11-15-48(16-12-25)35-45-21-27(22-46-35)52-17-4-18-53(3,50)51;1-5(2,3)4/h5-8,21-23,25,29,33,49H,4,9-20H2,1-3H3;1H3,(H,2,3,4)/t29-,33-;/m0./s1. The van der Waals surface area contributed by atoms with E-state index < -0.39 is 55.8 Å². The molecular weight excluding hydrogens is 815 g/mol. The minimum atomic E-state index is -4.61. The third kappa shape index (κ3) is 12.3. The molecule has 1 saturated carbocycles. The maximum Gasteiger partial charge on any atom is 0.416 e. The zero-order valence-corrected chi connectivity index (χ0v) is 34.4. The third-order valence-corrected chi connectivity index (χ3v) is 11.8. The van der Waals surface area contributed by atoms with Crippen LogP contribution in [-0.4, -0.2) is 85.3 Å². The fourth-order valence-corrected chi connectivity index (χ4v) is 8.77. The van der Waals surface area contributed by atoms with E-state index in [0.29, 0.717) is 85.7 Å². The number of hydrogen-bond donors (Lipinski definition) is 2. The summed E-state index contributed by atoms with van der Waals surface area (Å²) in [7, 11) is -6.76. The average Bonchev–Trinajstić information content (AvgIpc) is 3.11. The number of anilines is 1. The summed E-state index contributed by atoms with van der Waals surface area (Å²) in [6, 6.07) is 3.92. The molecule has 0 unspecified atom stereocenters. The first-order chi connectivity index (χ1) is 26.8. The van der Waals surface area contributed by atoms with E-state index >= 15 is 4.39 Å². The molecule has 2 aliphatic carbocycles. The number of sulfone groups is 1. The first-order valence-corrected chi connectivity index (χ1v) is 22.9. The SMILES string of the molecule is CC1(C)Cc2nc(C3CCN(c4ncc(OCCCS(C)(=O)=O)cn4)CC3)c([C@@H](F)c3ccc(C(F)(F)F)cc3)c(C3CCC(F)(F)CC3)c2[C@@H](O)C1.CS(=O)(=O)O. The van der Waals surface area contributed by atoms with Gasteiger partial charge in [0.15, 0.2) is 11.9 Å². The largest absolute Gasteiger partial charge is 0.490 e. The number of aromatic nitrogens is 3. The lowest BCUT2D eigenvalue weighted by molar-refractivity contribution is -0.137. The van der Waals surface area contributed by atoms with E-state index in [0.717, 1.165) is 30.5 Å². The molecule has 3 aromatic rings. The Morgan fingerprint density at radius 2 is 1.50 bits per heavy atom. The maximum atomic E-state index is 17.3. The lowest BCUT2D eigenvalue weighted by Gasteiger charge is -2.41. The summed E-state index contributed by atoms with van der Waals surface area (Å²) in [4.78, 5) is 15.9. The summed E-state index contributed by atoms with van der Waals surface area (Å²) in [5, 5.41) is 11.6. The predicted octanol–water partition coefficient (Wildman–Crippen LogP) is 7.95. The van der Waals surface area contributed by atoms with Crippen LogP contribution in [0.2, 0.25) is 0 Å². The van der Waals surface area contributed by atoms with Gasteiger partial charge >= 0.3 is 6.18 Å². The Morgan fingerprint density at radius 3 is 2.03 bits per heavy atom. The zero-order chi connectivity index (χ0) is 42.8. The number of aliphatic hydroxyl groups is 1. The second-order valence-corrected chi connectivity index (χ2v) is 20.1. The number of alkyl halides is 6. The van der Waals surface area contributed by atoms with Gasteiger partial charge in [-0.2, -0.15) is 21.6 Å². The minimum absolute atomic E-state index is 0.00141. The number of aliphatic hydroxyl groups excluding tert-OH is 1. The van der Waals surface area contributed by atoms with Gasteiger partial charge < -0.3 is 14.7 Å². The molecule has 0 radical (unpaired) electrons. The third-order valence-electron chi connectivity index (χ3n) is 10.8. The van der Waals surface area contributed by atoms with Gasteiger partial charge in [-0.25, -0.2) is 31.6 Å². The fourth-order valence-electron chi connectivity index (χ4n) is 8.13. The Balaban J connectivity index is 0.00000121. The van der Waals surface area contributed by atoms with Gasteiger partial charge in [0.2, 0.25) is 11.9 Å². The van der Waals surface area contributed by atoms with Crippen molar-refractivity contribution >= 4 is 25.9 Å². The van der Waals surface area contributed by atoms with E-state index in [1.807, 2.05) is 18.7 Å². The Labute approximate surface area is 335 Å². The van der Waals surface area contributed by atoms with Crippen LogP contribution in [0, 0.1) is 5.41 Å². The maximum absolute atomic E-state index is 17.3. The average molecular weight is 865 g/mol. The van der Waals surface area contributed by atoms with E-state index in [1.165, 1.54) is 12.4 Å². The number of hydrogen-bond acceptors (Lipinski definition) is 10. The molecule has 1 aromatic carbocycles. The normalized spacial score (nSPS) is 20.8. The first-order valence-electron chi connectivity index (χ1n) is 19.0. The minimum Gasteiger partial charge on any atom is -0.490 e. The number of piperidine rings is 1. The van der Waals surface area contributed by atoms with Gasteiger partial charge in [-0.3, -0.25) is 9.54 Å². The van der Waals surface area contributed by atoms with Gasteiger partial charge in [0.1, 0.15) is 9.84 Å². The Kier molecular flexibility index (Phi) is 13.8. The second kappa shape index (κ2) is 17.6. The van der Waals surface area contributed by atoms with E-state index in [-0.39, 0.29) is 60.5 Å². The molecule has 0 spiro atoms. The molecule has 322 valence electrons. The molecule has 6 rings (SSSR count). The number of halogens is 6. The van der Waals surface area contributed by atoms with Crippen LogP contribution in [0.5, 0.6) is 5.75 Å². The van der Waals surface area contributed by atoms with Crippen molar-refractivity contribution < 1.29 is 57.6 Å². The van der Waals surface area contributed by atoms with Crippen LogP contribution in [0.3, 0.4) is 0 Å². The molecule has 2 atom stereocenters. The van der Waals surface area contributed by atoms with Crippen molar-refractivity contribution in [2.45, 2.75) is 108 Å². The smallest absolute Gasteiger partial charge is 0.416 e. The molecule has 1 aliphatic heterocycles. The van der Waals surface area contributed by atoms with Gasteiger partial charge in [-0.05, 0) is 79.5 Å². The van der Waals surface area contributed by atoms with Crippen LogP contribution in [0.4, 0.5) is 32.3 Å². The van der Waals surface area contributed by atoms with E-state index in [1.54, 1.807) is 0 Å². The van der Waals surface area contributed by atoms with Gasteiger partial charge in [-0.1, -0.05) is 26.0 Å². The van der Waals surface area contributed by atoms with Crippen molar-refractivity contribution in [3.05, 3.63) is 75.9 Å². The molecule has 2 N–H and O–H groups in total. The summed E-state index contributed by atoms with van der Waals surface area (Å²) >= 11 is 0. The van der Waals surface area contributed by atoms with Crippen LogP contribution in [-0.2, 0) is 32.6 Å². The van der Waals surface area contributed by atoms with Gasteiger partial charge in [-0.15, -0.1) is 0 Å². The summed E-state index contributed by atoms with van der Waals surface area (Å²) in [5.74, 6) is -2.76. The molecule has 1 saturated heterocycles. The molecular formula is C39H50F6N4O7S2. The van der Waals surface area contributed by atoms with Crippen molar-refractivity contribution in [3.8, 4) is 5.75 Å². The highest BCUT2D eigenvalue weighted by Crippen LogP contribution is 2.52. The molecule has 3 heterocycles. The van der Waals surface area contributed by atoms with Crippen LogP contribution in [0.25, 0.3) is 0 Å². The van der Waals surface area contributed by atoms with Gasteiger partial charge in [0.05, 0.1) is 48.4 Å². The number of rotatable bonds is 10. The number of pyridine rings is 1. The number of nitrogens with zero attached hydrogens (tertiary/aromatic N) is 4. The van der Waals surface area contributed by atoms with E-state index in [4.69, 9.17) is 14.3 Å². The molecule has 19 heteroatoms. The Hall–Kier alpha value is -3.55. The van der Waals surface area contributed by atoms with E-state index in [9.17, 15) is 43.9 Å². The molecule has 2 aromatic heterocycles. The van der Waals surface area contributed by atoms with Crippen molar-refractivity contribution in [1.82, 2.24) is 15.0 Å². The lowest BCUT2D eigenvalue weighted by atomic mass is 9.68. The molecule has 3 aliphatic rings. The Bertz CT molecular complexity index is 2100. The highest BCUT2D eigenvalue weighted by atomic mass is 32.2. The van der Waals surface area contributed by atoms with Gasteiger partial charge in [0.25, 0.3) is 10.1 Å². The summed E-state index contributed by atoms with van der Waals surface area (Å²) in [6.07, 6.45) is -0.984. The summed E-state index contributed by atoms with van der Waals surface area (Å²) in [5.41, 5.74) is 1.01. The van der Waals surface area contributed by atoms with E-state index in [2.05, 4.69) is 9.97 Å². The predicted molar refractivity (Wildman–Crippen MR) is 205 cm³/mol. The first kappa shape index (κ1) is 45.5. The van der Waals surface area contributed by atoms with Crippen LogP contribution in [0.15, 0.2) is 36.7 Å². The van der Waals surface area contributed by atoms with Crippen molar-refractivity contribution in [3.63, 3.8) is 0 Å². The van der Waals surface area contributed by atoms with Crippen LogP contribution < -0.4 is 9.64 Å². The number of benzene rings is 1. The number of fused-ring (bicyclic) bond motifs is 1. The lowest BCUT2D eigenvalue weighted by Crippen LogP contribution is -2.36. The molecule has 0 amide bonds. The topological polar surface area (TPSA) is 160 Å². The van der Waals surface area contributed by atoms with Crippen LogP contribution >= 0.6 is 0 Å². The van der Waals surface area contributed by atoms with Crippen molar-refractivity contribution in [2.75, 3.05) is 42.9 Å². The fraction of sp³-hybridized carbons (Fsp3) is 0.615. The molecule has 2 fully saturated rings. The summed E-state index contributed by atoms with van der Waals surface area (Å²) < 4.78 is 141. The Morgan fingerprint density at radius 1 is 0.931 bits per heavy atom.